The number of para-hydroxylation sites is 1. The van der Waals surface area contributed by atoms with Crippen molar-refractivity contribution in [3.8, 4) is 5.75 Å². The molecular formula is C26H19ClN2O3. The van der Waals surface area contributed by atoms with Crippen LogP contribution >= 0.6 is 11.6 Å². The topological polar surface area (TPSA) is 67.8 Å². The van der Waals surface area contributed by atoms with Gasteiger partial charge in [0.1, 0.15) is 5.75 Å². The summed E-state index contributed by atoms with van der Waals surface area (Å²) in [6, 6.07) is 27.2. The number of fused-ring (bicyclic) bond motifs is 1. The largest absolute Gasteiger partial charge is 0.422 e. The quantitative estimate of drug-likeness (QED) is 0.188. The van der Waals surface area contributed by atoms with E-state index in [2.05, 4.69) is 10.5 Å². The molecule has 0 bridgehead atoms. The molecule has 6 heteroatoms. The van der Waals surface area contributed by atoms with E-state index in [9.17, 15) is 9.59 Å². The van der Waals surface area contributed by atoms with Gasteiger partial charge in [-0.05, 0) is 52.7 Å². The highest BCUT2D eigenvalue weighted by atomic mass is 35.5. The number of ether oxygens (including phenoxy) is 1. The smallest absolute Gasteiger partial charge is 0.343 e. The van der Waals surface area contributed by atoms with Crippen LogP contribution in [0.15, 0.2) is 96.1 Å². The highest BCUT2D eigenvalue weighted by molar-refractivity contribution is 6.30. The number of carbonyl (C=O) groups excluding carboxylic acids is 2. The van der Waals surface area contributed by atoms with Crippen LogP contribution in [-0.4, -0.2) is 18.1 Å². The monoisotopic (exact) mass is 442 g/mol. The van der Waals surface area contributed by atoms with Gasteiger partial charge in [0.2, 0.25) is 5.91 Å². The molecule has 0 atom stereocenters. The summed E-state index contributed by atoms with van der Waals surface area (Å²) in [6.07, 6.45) is 1.65. The Morgan fingerprint density at radius 1 is 0.875 bits per heavy atom. The molecule has 32 heavy (non-hydrogen) atoms. The van der Waals surface area contributed by atoms with E-state index in [1.54, 1.807) is 48.5 Å². The number of nitrogens with one attached hydrogen (secondary N) is 1. The van der Waals surface area contributed by atoms with Gasteiger partial charge in [-0.2, -0.15) is 5.10 Å². The second kappa shape index (κ2) is 9.90. The lowest BCUT2D eigenvalue weighted by Crippen LogP contribution is -2.20. The predicted molar refractivity (Wildman–Crippen MR) is 126 cm³/mol. The van der Waals surface area contributed by atoms with E-state index in [0.29, 0.717) is 21.9 Å². The number of rotatable bonds is 6. The molecule has 0 aliphatic rings. The Morgan fingerprint density at radius 2 is 1.59 bits per heavy atom. The summed E-state index contributed by atoms with van der Waals surface area (Å²) in [5, 5.41) is 6.69. The predicted octanol–water partition coefficient (Wildman–Crippen LogP) is 5.41. The zero-order chi connectivity index (χ0) is 22.3. The minimum Gasteiger partial charge on any atom is -0.422 e. The minimum atomic E-state index is -0.512. The van der Waals surface area contributed by atoms with Gasteiger partial charge >= 0.3 is 5.97 Å². The van der Waals surface area contributed by atoms with Crippen LogP contribution in [0.5, 0.6) is 5.75 Å². The second-order valence-corrected chi connectivity index (χ2v) is 7.48. The number of hydrazone groups is 1. The van der Waals surface area contributed by atoms with Crippen molar-refractivity contribution in [2.75, 3.05) is 0 Å². The number of benzene rings is 4. The first-order chi connectivity index (χ1) is 15.6. The van der Waals surface area contributed by atoms with Crippen LogP contribution in [0.1, 0.15) is 21.5 Å². The molecule has 0 heterocycles. The second-order valence-electron chi connectivity index (χ2n) is 7.04. The van der Waals surface area contributed by atoms with E-state index in [1.165, 1.54) is 6.21 Å². The first-order valence-corrected chi connectivity index (χ1v) is 10.3. The van der Waals surface area contributed by atoms with Crippen LogP contribution in [0.4, 0.5) is 0 Å². The van der Waals surface area contributed by atoms with Gasteiger partial charge in [0, 0.05) is 10.6 Å². The summed E-state index contributed by atoms with van der Waals surface area (Å²) in [4.78, 5) is 24.8. The van der Waals surface area contributed by atoms with Crippen LogP contribution < -0.4 is 10.2 Å². The number of carbonyl (C=O) groups is 2. The summed E-state index contributed by atoms with van der Waals surface area (Å²) in [6.45, 7) is 0. The van der Waals surface area contributed by atoms with Gasteiger partial charge < -0.3 is 4.74 Å². The van der Waals surface area contributed by atoms with Gasteiger partial charge in [-0.25, -0.2) is 10.2 Å². The van der Waals surface area contributed by atoms with Crippen molar-refractivity contribution in [1.82, 2.24) is 5.43 Å². The normalized spacial score (nSPS) is 10.9. The molecule has 158 valence electrons. The lowest BCUT2D eigenvalue weighted by Gasteiger charge is -2.08. The average molecular weight is 443 g/mol. The molecule has 0 fully saturated rings. The Labute approximate surface area is 190 Å². The Morgan fingerprint density at radius 3 is 2.44 bits per heavy atom. The molecule has 4 aromatic rings. The molecule has 0 saturated carbocycles. The van der Waals surface area contributed by atoms with Gasteiger partial charge in [0.25, 0.3) is 0 Å². The summed E-state index contributed by atoms with van der Waals surface area (Å²) in [5.41, 5.74) is 4.40. The van der Waals surface area contributed by atoms with Crippen molar-refractivity contribution in [3.63, 3.8) is 0 Å². The van der Waals surface area contributed by atoms with E-state index in [4.69, 9.17) is 16.3 Å². The maximum atomic E-state index is 12.4. The fraction of sp³-hybridized carbons (Fsp3) is 0.0385. The number of hydrogen-bond donors (Lipinski definition) is 1. The van der Waals surface area contributed by atoms with Crippen molar-refractivity contribution in [1.29, 1.82) is 0 Å². The number of esters is 1. The van der Waals surface area contributed by atoms with Crippen molar-refractivity contribution >= 4 is 40.5 Å². The van der Waals surface area contributed by atoms with Crippen molar-refractivity contribution in [3.05, 3.63) is 113 Å². The molecule has 1 N–H and O–H groups in total. The Kier molecular flexibility index (Phi) is 6.58. The van der Waals surface area contributed by atoms with E-state index in [-0.39, 0.29) is 12.3 Å². The molecule has 0 aliphatic heterocycles. The standard InChI is InChI=1S/C26H19ClN2O3/c27-22-14-12-19(13-15-22)26(31)32-24-11-4-2-7-21(24)17-28-29-25(30)16-20-9-5-8-18-6-1-3-10-23(18)20/h1-15,17H,16H2,(H,29,30). The molecule has 0 radical (unpaired) electrons. The van der Waals surface area contributed by atoms with E-state index >= 15 is 0 Å². The van der Waals surface area contributed by atoms with Gasteiger partial charge in [0.05, 0.1) is 18.2 Å². The summed E-state index contributed by atoms with van der Waals surface area (Å²) >= 11 is 5.86. The molecule has 0 spiro atoms. The number of hydrogen-bond acceptors (Lipinski definition) is 4. The first-order valence-electron chi connectivity index (χ1n) is 9.95. The fourth-order valence-electron chi connectivity index (χ4n) is 3.26. The number of nitrogens with zero attached hydrogens (tertiary/aromatic N) is 1. The number of amides is 1. The molecule has 4 aromatic carbocycles. The first kappa shape index (κ1) is 21.3. The molecule has 0 saturated heterocycles. The highest BCUT2D eigenvalue weighted by Crippen LogP contribution is 2.20. The van der Waals surface area contributed by atoms with Crippen molar-refractivity contribution in [2.45, 2.75) is 6.42 Å². The third kappa shape index (κ3) is 5.20. The van der Waals surface area contributed by atoms with Crippen LogP contribution in [0, 0.1) is 0 Å². The Balaban J connectivity index is 1.42. The van der Waals surface area contributed by atoms with Crippen LogP contribution in [0.25, 0.3) is 10.8 Å². The Hall–Kier alpha value is -3.96. The van der Waals surface area contributed by atoms with E-state index in [1.807, 2.05) is 42.5 Å². The van der Waals surface area contributed by atoms with Gasteiger partial charge in [-0.15, -0.1) is 0 Å². The van der Waals surface area contributed by atoms with Crippen LogP contribution in [-0.2, 0) is 11.2 Å². The zero-order valence-electron chi connectivity index (χ0n) is 17.0. The lowest BCUT2D eigenvalue weighted by molar-refractivity contribution is -0.120. The molecular weight excluding hydrogens is 424 g/mol. The van der Waals surface area contributed by atoms with Gasteiger partial charge in [-0.1, -0.05) is 66.2 Å². The summed E-state index contributed by atoms with van der Waals surface area (Å²) in [7, 11) is 0. The average Bonchev–Trinajstić information content (AvgIpc) is 2.81. The molecule has 4 rings (SSSR count). The molecule has 1 amide bonds. The third-order valence-corrected chi connectivity index (χ3v) is 5.08. The molecule has 0 aromatic heterocycles. The lowest BCUT2D eigenvalue weighted by atomic mass is 10.0. The van der Waals surface area contributed by atoms with Crippen LogP contribution in [0.3, 0.4) is 0 Å². The molecule has 0 aliphatic carbocycles. The number of halogens is 1. The third-order valence-electron chi connectivity index (χ3n) is 4.83. The maximum absolute atomic E-state index is 12.4. The van der Waals surface area contributed by atoms with Crippen LogP contribution in [0.2, 0.25) is 5.02 Å². The maximum Gasteiger partial charge on any atom is 0.343 e. The molecule has 5 nitrogen and oxygen atoms in total. The SMILES string of the molecule is O=C(Cc1cccc2ccccc12)NN=Cc1ccccc1OC(=O)c1ccc(Cl)cc1. The van der Waals surface area contributed by atoms with Gasteiger partial charge in [-0.3, -0.25) is 4.79 Å². The summed E-state index contributed by atoms with van der Waals surface area (Å²) in [5.74, 6) is -0.421. The van der Waals surface area contributed by atoms with E-state index < -0.39 is 5.97 Å². The Bertz CT molecular complexity index is 1290. The fourth-order valence-corrected chi connectivity index (χ4v) is 3.38. The summed E-state index contributed by atoms with van der Waals surface area (Å²) < 4.78 is 5.49. The molecule has 0 unspecified atom stereocenters. The zero-order valence-corrected chi connectivity index (χ0v) is 17.8. The van der Waals surface area contributed by atoms with Gasteiger partial charge in [0.15, 0.2) is 0 Å². The minimum absolute atomic E-state index is 0.200. The van der Waals surface area contributed by atoms with Crippen molar-refractivity contribution in [2.24, 2.45) is 5.10 Å². The van der Waals surface area contributed by atoms with Crippen molar-refractivity contribution < 1.29 is 14.3 Å². The highest BCUT2D eigenvalue weighted by Gasteiger charge is 2.11. The van der Waals surface area contributed by atoms with E-state index in [0.717, 1.165) is 16.3 Å².